The summed E-state index contributed by atoms with van der Waals surface area (Å²) in [7, 11) is -3.82. The summed E-state index contributed by atoms with van der Waals surface area (Å²) in [5, 5.41) is 0. The van der Waals surface area contributed by atoms with Crippen LogP contribution in [0.3, 0.4) is 0 Å². The Morgan fingerprint density at radius 1 is 1.11 bits per heavy atom. The van der Waals surface area contributed by atoms with Crippen LogP contribution in [-0.4, -0.2) is 28.4 Å². The largest absolute Gasteiger partial charge is 0.368 e. The smallest absolute Gasteiger partial charge is 0.267 e. The summed E-state index contributed by atoms with van der Waals surface area (Å²) in [5.74, 6) is 0.0101. The van der Waals surface area contributed by atoms with Crippen LogP contribution in [0.5, 0.6) is 0 Å². The van der Waals surface area contributed by atoms with Gasteiger partial charge in [-0.2, -0.15) is 0 Å². The lowest BCUT2D eigenvalue weighted by molar-refractivity contribution is 0.600. The van der Waals surface area contributed by atoms with Crippen molar-refractivity contribution < 1.29 is 8.42 Å². The van der Waals surface area contributed by atoms with E-state index in [1.165, 1.54) is 0 Å². The van der Waals surface area contributed by atoms with Crippen LogP contribution >= 0.6 is 0 Å². The summed E-state index contributed by atoms with van der Waals surface area (Å²) in [6, 6.07) is 1.74. The Bertz CT molecular complexity index is 678. The zero-order chi connectivity index (χ0) is 14.0. The molecule has 2 aromatic rings. The quantitative estimate of drug-likeness (QED) is 0.826. The molecular weight excluding hydrogens is 268 g/mol. The predicted molar refractivity (Wildman–Crippen MR) is 68.8 cm³/mol. The molecular formula is C10H12N6O2S. The van der Waals surface area contributed by atoms with Crippen molar-refractivity contribution in [3.63, 3.8) is 0 Å². The SMILES string of the molecule is Cc1cc(C)nc(NS(=O)(=O)c2cnc(N)nc2)n1. The number of nitrogens with zero attached hydrogens (tertiary/aromatic N) is 4. The topological polar surface area (TPSA) is 124 Å². The fourth-order valence-corrected chi connectivity index (χ4v) is 2.25. The molecule has 0 fully saturated rings. The van der Waals surface area contributed by atoms with Crippen LogP contribution in [0.4, 0.5) is 11.9 Å². The zero-order valence-electron chi connectivity index (χ0n) is 10.3. The molecule has 0 aliphatic rings. The van der Waals surface area contributed by atoms with Gasteiger partial charge in [-0.25, -0.2) is 33.1 Å². The number of nitrogens with one attached hydrogen (secondary N) is 1. The molecule has 9 heteroatoms. The van der Waals surface area contributed by atoms with Crippen LogP contribution < -0.4 is 10.5 Å². The molecule has 0 saturated carbocycles. The van der Waals surface area contributed by atoms with Gasteiger partial charge in [0.15, 0.2) is 0 Å². The molecule has 0 aliphatic carbocycles. The van der Waals surface area contributed by atoms with Gasteiger partial charge in [0.1, 0.15) is 4.90 Å². The van der Waals surface area contributed by atoms with Gasteiger partial charge in [-0.3, -0.25) is 0 Å². The third kappa shape index (κ3) is 3.13. The van der Waals surface area contributed by atoms with E-state index in [2.05, 4.69) is 24.7 Å². The summed E-state index contributed by atoms with van der Waals surface area (Å²) in [5.41, 5.74) is 6.63. The van der Waals surface area contributed by atoms with E-state index in [1.807, 2.05) is 0 Å². The zero-order valence-corrected chi connectivity index (χ0v) is 11.1. The third-order valence-corrected chi connectivity index (χ3v) is 3.45. The minimum atomic E-state index is -3.82. The minimum Gasteiger partial charge on any atom is -0.368 e. The van der Waals surface area contributed by atoms with E-state index in [0.29, 0.717) is 11.4 Å². The van der Waals surface area contributed by atoms with Gasteiger partial charge in [0.25, 0.3) is 10.0 Å². The van der Waals surface area contributed by atoms with Gasteiger partial charge in [-0.15, -0.1) is 0 Å². The number of sulfonamides is 1. The molecule has 0 unspecified atom stereocenters. The first-order valence-corrected chi connectivity index (χ1v) is 6.78. The third-order valence-electron chi connectivity index (χ3n) is 2.17. The van der Waals surface area contributed by atoms with Crippen LogP contribution in [0.15, 0.2) is 23.4 Å². The molecule has 2 rings (SSSR count). The molecule has 0 spiro atoms. The Kier molecular flexibility index (Phi) is 3.30. The summed E-state index contributed by atoms with van der Waals surface area (Å²) in [4.78, 5) is 15.1. The first-order chi connectivity index (χ1) is 8.87. The van der Waals surface area contributed by atoms with Crippen LogP contribution in [-0.2, 0) is 10.0 Å². The highest BCUT2D eigenvalue weighted by molar-refractivity contribution is 7.92. The van der Waals surface area contributed by atoms with Crippen molar-refractivity contribution in [2.45, 2.75) is 18.7 Å². The van der Waals surface area contributed by atoms with Crippen molar-refractivity contribution in [2.75, 3.05) is 10.5 Å². The Morgan fingerprint density at radius 3 is 2.16 bits per heavy atom. The molecule has 2 heterocycles. The number of nitrogens with two attached hydrogens (primary N) is 1. The van der Waals surface area contributed by atoms with Gasteiger partial charge in [0.05, 0.1) is 12.4 Å². The van der Waals surface area contributed by atoms with Crippen LogP contribution in [0, 0.1) is 13.8 Å². The molecule has 0 saturated heterocycles. The Balaban J connectivity index is 2.33. The second kappa shape index (κ2) is 4.76. The Labute approximate surface area is 110 Å². The number of hydrogen-bond donors (Lipinski definition) is 2. The van der Waals surface area contributed by atoms with Crippen molar-refractivity contribution in [2.24, 2.45) is 0 Å². The fraction of sp³-hybridized carbons (Fsp3) is 0.200. The second-order valence-electron chi connectivity index (χ2n) is 3.86. The number of anilines is 2. The maximum atomic E-state index is 12.0. The number of nitrogen functional groups attached to an aromatic ring is 1. The normalized spacial score (nSPS) is 11.3. The number of hydrogen-bond acceptors (Lipinski definition) is 7. The van der Waals surface area contributed by atoms with E-state index in [1.54, 1.807) is 19.9 Å². The number of rotatable bonds is 3. The summed E-state index contributed by atoms with van der Waals surface area (Å²) in [6.45, 7) is 3.50. The monoisotopic (exact) mass is 280 g/mol. The van der Waals surface area contributed by atoms with E-state index in [0.717, 1.165) is 12.4 Å². The highest BCUT2D eigenvalue weighted by atomic mass is 32.2. The maximum Gasteiger partial charge on any atom is 0.267 e. The molecule has 100 valence electrons. The van der Waals surface area contributed by atoms with Gasteiger partial charge in [-0.1, -0.05) is 0 Å². The average Bonchev–Trinajstić information content (AvgIpc) is 2.27. The van der Waals surface area contributed by atoms with E-state index in [4.69, 9.17) is 5.73 Å². The molecule has 0 radical (unpaired) electrons. The van der Waals surface area contributed by atoms with Crippen molar-refractivity contribution in [1.29, 1.82) is 0 Å². The molecule has 0 aromatic carbocycles. The molecule has 0 atom stereocenters. The molecule has 19 heavy (non-hydrogen) atoms. The Hall–Kier alpha value is -2.29. The lowest BCUT2D eigenvalue weighted by Crippen LogP contribution is -2.16. The van der Waals surface area contributed by atoms with Crippen LogP contribution in [0.2, 0.25) is 0 Å². The number of aryl methyl sites for hydroxylation is 2. The standard InChI is InChI=1S/C10H12N6O2S/c1-6-3-7(2)15-10(14-6)16-19(17,18)8-4-12-9(11)13-5-8/h3-5H,1-2H3,(H2,11,12,13)(H,14,15,16). The molecule has 3 N–H and O–H groups in total. The lowest BCUT2D eigenvalue weighted by atomic mass is 10.4. The highest BCUT2D eigenvalue weighted by Crippen LogP contribution is 2.12. The first kappa shape index (κ1) is 13.1. The van der Waals surface area contributed by atoms with E-state index in [9.17, 15) is 8.42 Å². The molecule has 0 bridgehead atoms. The summed E-state index contributed by atoms with van der Waals surface area (Å²) in [6.07, 6.45) is 2.24. The van der Waals surface area contributed by atoms with Crippen molar-refractivity contribution >= 4 is 21.9 Å². The summed E-state index contributed by atoms with van der Waals surface area (Å²) < 4.78 is 26.3. The second-order valence-corrected chi connectivity index (χ2v) is 5.54. The minimum absolute atomic E-state index is 0.00148. The van der Waals surface area contributed by atoms with E-state index < -0.39 is 10.0 Å². The van der Waals surface area contributed by atoms with Gasteiger partial charge >= 0.3 is 0 Å². The predicted octanol–water partition coefficient (Wildman–Crippen LogP) is 0.266. The Morgan fingerprint density at radius 2 is 1.63 bits per heavy atom. The van der Waals surface area contributed by atoms with Gasteiger partial charge in [-0.05, 0) is 19.9 Å². The molecule has 2 aromatic heterocycles. The van der Waals surface area contributed by atoms with E-state index >= 15 is 0 Å². The van der Waals surface area contributed by atoms with Crippen molar-refractivity contribution in [3.05, 3.63) is 29.8 Å². The highest BCUT2D eigenvalue weighted by Gasteiger charge is 2.17. The van der Waals surface area contributed by atoms with Crippen molar-refractivity contribution in [1.82, 2.24) is 19.9 Å². The number of aromatic nitrogens is 4. The molecule has 0 amide bonds. The van der Waals surface area contributed by atoms with Crippen LogP contribution in [0.1, 0.15) is 11.4 Å². The average molecular weight is 280 g/mol. The van der Waals surface area contributed by atoms with Gasteiger partial charge in [0.2, 0.25) is 11.9 Å². The maximum absolute atomic E-state index is 12.0. The first-order valence-electron chi connectivity index (χ1n) is 5.29. The van der Waals surface area contributed by atoms with Gasteiger partial charge < -0.3 is 5.73 Å². The van der Waals surface area contributed by atoms with Crippen LogP contribution in [0.25, 0.3) is 0 Å². The summed E-state index contributed by atoms with van der Waals surface area (Å²) >= 11 is 0. The van der Waals surface area contributed by atoms with E-state index in [-0.39, 0.29) is 16.8 Å². The fourth-order valence-electron chi connectivity index (χ4n) is 1.42. The molecule has 8 nitrogen and oxygen atoms in total. The lowest BCUT2D eigenvalue weighted by Gasteiger charge is -2.07. The molecule has 0 aliphatic heterocycles. The van der Waals surface area contributed by atoms with Crippen molar-refractivity contribution in [3.8, 4) is 0 Å². The van der Waals surface area contributed by atoms with Gasteiger partial charge in [0, 0.05) is 11.4 Å².